The predicted molar refractivity (Wildman–Crippen MR) is 111 cm³/mol. The van der Waals surface area contributed by atoms with Gasteiger partial charge >= 0.3 is 0 Å². The van der Waals surface area contributed by atoms with E-state index in [4.69, 9.17) is 0 Å². The minimum absolute atomic E-state index is 0.146. The zero-order valence-electron chi connectivity index (χ0n) is 16.1. The van der Waals surface area contributed by atoms with Gasteiger partial charge in [-0.25, -0.2) is 0 Å². The van der Waals surface area contributed by atoms with Gasteiger partial charge in [0.15, 0.2) is 11.6 Å². The molecule has 7 heteroatoms. The van der Waals surface area contributed by atoms with Gasteiger partial charge in [0.1, 0.15) is 5.75 Å². The molecule has 4 unspecified atom stereocenters. The summed E-state index contributed by atoms with van der Waals surface area (Å²) in [7, 11) is 0. The first-order chi connectivity index (χ1) is 14.3. The minimum atomic E-state index is -0.542. The van der Waals surface area contributed by atoms with Gasteiger partial charge in [-0.2, -0.15) is 0 Å². The average Bonchev–Trinajstić information content (AvgIpc) is 3.00. The topological polar surface area (TPSA) is 101 Å². The highest BCUT2D eigenvalue weighted by Crippen LogP contribution is 2.54. The van der Waals surface area contributed by atoms with Crippen molar-refractivity contribution in [2.75, 3.05) is 0 Å². The van der Waals surface area contributed by atoms with Gasteiger partial charge in [0, 0.05) is 23.1 Å². The number of halogens is 1. The van der Waals surface area contributed by atoms with Gasteiger partial charge in [-0.1, -0.05) is 23.8 Å². The van der Waals surface area contributed by atoms with E-state index in [1.807, 2.05) is 12.1 Å². The summed E-state index contributed by atoms with van der Waals surface area (Å²) in [5.41, 5.74) is 3.17. The summed E-state index contributed by atoms with van der Waals surface area (Å²) in [5, 5.41) is 12.4. The summed E-state index contributed by atoms with van der Waals surface area (Å²) in [6.07, 6.45) is 3.95. The number of fused-ring (bicyclic) bond motifs is 3. The number of hydrogen-bond donors (Lipinski definition) is 2. The third-order valence-electron chi connectivity index (χ3n) is 6.73. The van der Waals surface area contributed by atoms with Crippen molar-refractivity contribution in [3.05, 3.63) is 62.7 Å². The average molecular weight is 468 g/mol. The van der Waals surface area contributed by atoms with E-state index in [2.05, 4.69) is 21.2 Å². The fourth-order valence-corrected chi connectivity index (χ4v) is 5.80. The Bertz CT molecular complexity index is 1160. The maximum atomic E-state index is 13.0. The van der Waals surface area contributed by atoms with Crippen LogP contribution in [0.25, 0.3) is 0 Å². The number of allylic oxidation sites excluding steroid dienone is 6. The van der Waals surface area contributed by atoms with Crippen molar-refractivity contribution in [3.8, 4) is 5.75 Å². The van der Waals surface area contributed by atoms with E-state index in [1.54, 1.807) is 19.1 Å². The zero-order chi connectivity index (χ0) is 21.3. The number of aryl methyl sites for hydroxylation is 1. The summed E-state index contributed by atoms with van der Waals surface area (Å²) in [5.74, 6) is -2.73. The van der Waals surface area contributed by atoms with Crippen LogP contribution >= 0.6 is 15.9 Å². The lowest BCUT2D eigenvalue weighted by atomic mass is 9.59. The molecule has 0 spiro atoms. The molecule has 4 atom stereocenters. The molecule has 3 aliphatic carbocycles. The second-order valence-corrected chi connectivity index (χ2v) is 9.15. The predicted octanol–water partition coefficient (Wildman–Crippen LogP) is 2.75. The van der Waals surface area contributed by atoms with Crippen LogP contribution in [-0.2, 0) is 19.2 Å². The van der Waals surface area contributed by atoms with Crippen molar-refractivity contribution in [2.24, 2.45) is 17.8 Å². The van der Waals surface area contributed by atoms with Crippen molar-refractivity contribution in [3.63, 3.8) is 0 Å². The van der Waals surface area contributed by atoms with Crippen molar-refractivity contribution in [1.82, 2.24) is 5.32 Å². The van der Waals surface area contributed by atoms with Crippen LogP contribution < -0.4 is 5.32 Å². The third-order valence-corrected chi connectivity index (χ3v) is 7.32. The Morgan fingerprint density at radius 3 is 2.60 bits per heavy atom. The number of hydrogen-bond acceptors (Lipinski definition) is 5. The van der Waals surface area contributed by atoms with Crippen LogP contribution in [0.3, 0.4) is 0 Å². The van der Waals surface area contributed by atoms with Crippen molar-refractivity contribution in [2.45, 2.75) is 25.7 Å². The van der Waals surface area contributed by atoms with Crippen molar-refractivity contribution >= 4 is 39.3 Å². The van der Waals surface area contributed by atoms with Gasteiger partial charge in [0.05, 0.1) is 16.3 Å². The molecule has 1 aliphatic heterocycles. The number of nitrogens with one attached hydrogen (secondary N) is 1. The molecule has 1 heterocycles. The number of aromatic hydroxyl groups is 1. The van der Waals surface area contributed by atoms with Gasteiger partial charge in [-0.15, -0.1) is 0 Å². The second-order valence-electron chi connectivity index (χ2n) is 8.29. The smallest absolute Gasteiger partial charge is 0.231 e. The molecule has 0 bridgehead atoms. The number of carbonyl (C=O) groups is 4. The monoisotopic (exact) mass is 467 g/mol. The number of carbonyl (C=O) groups excluding carboxylic acids is 4. The number of phenolic OH excluding ortho intramolecular Hbond substituents is 1. The summed E-state index contributed by atoms with van der Waals surface area (Å²) in [6, 6.07) is 5.14. The number of benzene rings is 1. The van der Waals surface area contributed by atoms with E-state index in [0.29, 0.717) is 23.1 Å². The number of Topliss-reactive ketones (excluding diaryl/α,β-unsaturated/α-hetero) is 1. The van der Waals surface area contributed by atoms with E-state index in [0.717, 1.165) is 11.1 Å². The lowest BCUT2D eigenvalue weighted by Crippen LogP contribution is -2.39. The Morgan fingerprint density at radius 1 is 1.10 bits per heavy atom. The molecule has 2 amide bonds. The summed E-state index contributed by atoms with van der Waals surface area (Å²) in [6.45, 7) is 1.77. The first-order valence-corrected chi connectivity index (χ1v) is 10.6. The van der Waals surface area contributed by atoms with E-state index in [1.165, 1.54) is 6.08 Å². The van der Waals surface area contributed by atoms with E-state index in [9.17, 15) is 24.3 Å². The van der Waals surface area contributed by atoms with Crippen LogP contribution in [0, 0.1) is 24.7 Å². The molecule has 152 valence electrons. The Labute approximate surface area is 180 Å². The standard InChI is InChI=1S/C23H18BrNO5/c1-9-6-10(2-5-16(9)26)18-11-3-4-12-19(23(30)25-22(12)29)13(11)7-14-20(18)17(27)8-15(24)21(14)28/h2-3,5-6,8,12-13,18-19,26H,4,7H2,1H3,(H,25,29,30). The molecular formula is C23H18BrNO5. The molecule has 1 aromatic rings. The molecule has 1 saturated heterocycles. The van der Waals surface area contributed by atoms with Crippen LogP contribution in [0.5, 0.6) is 5.75 Å². The fourth-order valence-electron chi connectivity index (χ4n) is 5.36. The molecule has 0 aromatic heterocycles. The lowest BCUT2D eigenvalue weighted by Gasteiger charge is -2.42. The lowest BCUT2D eigenvalue weighted by molar-refractivity contribution is -0.126. The number of rotatable bonds is 1. The van der Waals surface area contributed by atoms with Crippen LogP contribution in [0.15, 0.2) is 51.6 Å². The molecule has 6 nitrogen and oxygen atoms in total. The van der Waals surface area contributed by atoms with Gasteiger partial charge in [0.2, 0.25) is 11.8 Å². The SMILES string of the molecule is Cc1cc(C2C3=CCC4C(=O)NC(=O)C4C3CC3=C2C(=O)C=C(Br)C3=O)ccc1O. The van der Waals surface area contributed by atoms with Gasteiger partial charge in [-0.05, 0) is 58.8 Å². The molecule has 1 fully saturated rings. The third kappa shape index (κ3) is 2.61. The van der Waals surface area contributed by atoms with Crippen LogP contribution in [-0.4, -0.2) is 28.5 Å². The van der Waals surface area contributed by atoms with Crippen LogP contribution in [0.4, 0.5) is 0 Å². The number of ketones is 2. The maximum absolute atomic E-state index is 13.0. The van der Waals surface area contributed by atoms with Gasteiger partial charge in [0.25, 0.3) is 0 Å². The summed E-state index contributed by atoms with van der Waals surface area (Å²) in [4.78, 5) is 50.8. The Kier molecular flexibility index (Phi) is 4.22. The fraction of sp³-hybridized carbons (Fsp3) is 0.304. The molecule has 1 aromatic carbocycles. The highest BCUT2D eigenvalue weighted by Gasteiger charge is 2.53. The molecule has 4 aliphatic rings. The normalized spacial score (nSPS) is 30.3. The van der Waals surface area contributed by atoms with E-state index < -0.39 is 17.8 Å². The maximum Gasteiger partial charge on any atom is 0.231 e. The molecule has 0 saturated carbocycles. The molecule has 30 heavy (non-hydrogen) atoms. The first-order valence-electron chi connectivity index (χ1n) is 9.81. The number of imide groups is 1. The largest absolute Gasteiger partial charge is 0.508 e. The summed E-state index contributed by atoms with van der Waals surface area (Å²) >= 11 is 3.19. The zero-order valence-corrected chi connectivity index (χ0v) is 17.7. The molecule has 2 N–H and O–H groups in total. The molecule has 5 rings (SSSR count). The highest BCUT2D eigenvalue weighted by atomic mass is 79.9. The van der Waals surface area contributed by atoms with Crippen molar-refractivity contribution < 1.29 is 24.3 Å². The Hall–Kier alpha value is -2.80. The molecular weight excluding hydrogens is 450 g/mol. The van der Waals surface area contributed by atoms with Crippen LogP contribution in [0.2, 0.25) is 0 Å². The van der Waals surface area contributed by atoms with Gasteiger partial charge < -0.3 is 5.11 Å². The Balaban J connectivity index is 1.73. The van der Waals surface area contributed by atoms with Crippen LogP contribution in [0.1, 0.15) is 29.9 Å². The quantitative estimate of drug-likeness (QED) is 0.375. The number of phenols is 1. The molecule has 0 radical (unpaired) electrons. The second kappa shape index (κ2) is 6.60. The minimum Gasteiger partial charge on any atom is -0.508 e. The summed E-state index contributed by atoms with van der Waals surface area (Å²) < 4.78 is 0.207. The van der Waals surface area contributed by atoms with Gasteiger partial charge in [-0.3, -0.25) is 24.5 Å². The Morgan fingerprint density at radius 2 is 1.87 bits per heavy atom. The highest BCUT2D eigenvalue weighted by molar-refractivity contribution is 9.12. The van der Waals surface area contributed by atoms with E-state index >= 15 is 0 Å². The van der Waals surface area contributed by atoms with E-state index in [-0.39, 0.29) is 46.0 Å². The number of amides is 2. The van der Waals surface area contributed by atoms with Crippen molar-refractivity contribution in [1.29, 1.82) is 0 Å². The first kappa shape index (κ1) is 19.2.